The molecule has 1 saturated carbocycles. The number of aliphatic imine (C=N–C) groups is 1. The van der Waals surface area contributed by atoms with Crippen LogP contribution >= 0.6 is 0 Å². The van der Waals surface area contributed by atoms with Crippen molar-refractivity contribution in [3.8, 4) is 0 Å². The summed E-state index contributed by atoms with van der Waals surface area (Å²) in [5.74, 6) is 0.293. The van der Waals surface area contributed by atoms with Crippen molar-refractivity contribution < 1.29 is 9.84 Å². The standard InChI is InChI=1S/C11H20N2O2/c1-2-3-6-12-11-13-9-5-4-8(7-14)10(9)15-11/h8-10,14H,2-7H2,1H3,(H,12,13). The molecule has 3 atom stereocenters. The summed E-state index contributed by atoms with van der Waals surface area (Å²) in [5, 5.41) is 12.5. The van der Waals surface area contributed by atoms with Crippen LogP contribution in [0.4, 0.5) is 0 Å². The Bertz CT molecular complexity index is 243. The van der Waals surface area contributed by atoms with Crippen molar-refractivity contribution in [3.63, 3.8) is 0 Å². The van der Waals surface area contributed by atoms with Gasteiger partial charge in [-0.1, -0.05) is 13.3 Å². The van der Waals surface area contributed by atoms with E-state index in [-0.39, 0.29) is 12.7 Å². The Labute approximate surface area is 90.7 Å². The van der Waals surface area contributed by atoms with Crippen molar-refractivity contribution in [2.24, 2.45) is 10.9 Å². The third-order valence-electron chi connectivity index (χ3n) is 3.27. The van der Waals surface area contributed by atoms with Crippen LogP contribution in [0, 0.1) is 5.92 Å². The normalized spacial score (nSPS) is 36.4. The Morgan fingerprint density at radius 1 is 1.53 bits per heavy atom. The quantitative estimate of drug-likeness (QED) is 0.681. The van der Waals surface area contributed by atoms with Crippen LogP contribution in [-0.2, 0) is 4.74 Å². The average Bonchev–Trinajstić information content (AvgIpc) is 2.77. The third-order valence-corrected chi connectivity index (χ3v) is 3.27. The summed E-state index contributed by atoms with van der Waals surface area (Å²) in [6.45, 7) is 3.22. The smallest absolute Gasteiger partial charge is 0.285 e. The molecule has 0 amide bonds. The molecular weight excluding hydrogens is 192 g/mol. The third kappa shape index (κ3) is 2.25. The van der Waals surface area contributed by atoms with Crippen LogP contribution in [0.1, 0.15) is 32.6 Å². The molecule has 4 heteroatoms. The number of rotatable bonds is 4. The van der Waals surface area contributed by atoms with E-state index >= 15 is 0 Å². The van der Waals surface area contributed by atoms with E-state index in [1.54, 1.807) is 0 Å². The topological polar surface area (TPSA) is 53.9 Å². The minimum atomic E-state index is 0.148. The lowest BCUT2D eigenvalue weighted by molar-refractivity contribution is 0.112. The van der Waals surface area contributed by atoms with Crippen molar-refractivity contribution in [1.82, 2.24) is 5.32 Å². The molecule has 2 fully saturated rings. The predicted molar refractivity (Wildman–Crippen MR) is 58.8 cm³/mol. The number of aliphatic hydroxyl groups excluding tert-OH is 1. The first kappa shape index (κ1) is 10.7. The van der Waals surface area contributed by atoms with E-state index in [1.807, 2.05) is 0 Å². The van der Waals surface area contributed by atoms with Crippen molar-refractivity contribution in [3.05, 3.63) is 0 Å². The van der Waals surface area contributed by atoms with Gasteiger partial charge in [0.15, 0.2) is 0 Å². The SMILES string of the molecule is CCCCN=C1NC2CCC(CO)C2O1. The number of ether oxygens (including phenoxy) is 1. The van der Waals surface area contributed by atoms with Crippen molar-refractivity contribution >= 4 is 6.02 Å². The molecule has 2 aliphatic rings. The molecule has 0 aromatic rings. The largest absolute Gasteiger partial charge is 0.459 e. The maximum absolute atomic E-state index is 9.17. The highest BCUT2D eigenvalue weighted by Crippen LogP contribution is 2.31. The monoisotopic (exact) mass is 212 g/mol. The Balaban J connectivity index is 1.86. The minimum Gasteiger partial charge on any atom is -0.459 e. The van der Waals surface area contributed by atoms with Crippen LogP contribution in [0.5, 0.6) is 0 Å². The van der Waals surface area contributed by atoms with E-state index in [2.05, 4.69) is 17.2 Å². The summed E-state index contributed by atoms with van der Waals surface area (Å²) in [6.07, 6.45) is 4.55. The van der Waals surface area contributed by atoms with Gasteiger partial charge >= 0.3 is 0 Å². The second-order valence-electron chi connectivity index (χ2n) is 4.39. The molecule has 0 aromatic heterocycles. The fourth-order valence-electron chi connectivity index (χ4n) is 2.32. The Hall–Kier alpha value is -0.770. The molecule has 1 heterocycles. The van der Waals surface area contributed by atoms with Crippen LogP contribution in [0.25, 0.3) is 0 Å². The van der Waals surface area contributed by atoms with Gasteiger partial charge in [-0.25, -0.2) is 4.99 Å². The van der Waals surface area contributed by atoms with Gasteiger partial charge in [-0.2, -0.15) is 0 Å². The summed E-state index contributed by atoms with van der Waals surface area (Å²) < 4.78 is 5.71. The first-order valence-corrected chi connectivity index (χ1v) is 5.93. The van der Waals surface area contributed by atoms with E-state index in [0.717, 1.165) is 32.2 Å². The predicted octanol–water partition coefficient (Wildman–Crippen LogP) is 0.902. The van der Waals surface area contributed by atoms with E-state index in [9.17, 15) is 0 Å². The molecule has 3 unspecified atom stereocenters. The fraction of sp³-hybridized carbons (Fsp3) is 0.909. The lowest BCUT2D eigenvalue weighted by Gasteiger charge is -2.13. The zero-order valence-electron chi connectivity index (χ0n) is 9.28. The maximum Gasteiger partial charge on any atom is 0.285 e. The number of nitrogens with zero attached hydrogens (tertiary/aromatic N) is 1. The Kier molecular flexibility index (Phi) is 3.46. The van der Waals surface area contributed by atoms with Crippen molar-refractivity contribution in [2.45, 2.75) is 44.8 Å². The van der Waals surface area contributed by atoms with Gasteiger partial charge in [0, 0.05) is 19.1 Å². The molecule has 1 saturated heterocycles. The molecule has 2 N–H and O–H groups in total. The molecular formula is C11H20N2O2. The number of hydrogen-bond donors (Lipinski definition) is 2. The number of hydrogen-bond acceptors (Lipinski definition) is 3. The van der Waals surface area contributed by atoms with Crippen LogP contribution in [0.15, 0.2) is 4.99 Å². The van der Waals surface area contributed by atoms with E-state index in [1.165, 1.54) is 0 Å². The first-order chi connectivity index (χ1) is 7.35. The molecule has 1 aliphatic carbocycles. The van der Waals surface area contributed by atoms with Gasteiger partial charge in [0.2, 0.25) is 0 Å². The Morgan fingerprint density at radius 3 is 3.13 bits per heavy atom. The molecule has 86 valence electrons. The zero-order valence-corrected chi connectivity index (χ0v) is 9.28. The molecule has 0 aromatic carbocycles. The number of amidine groups is 1. The highest BCUT2D eigenvalue weighted by molar-refractivity contribution is 5.76. The minimum absolute atomic E-state index is 0.148. The number of aliphatic hydroxyl groups is 1. The first-order valence-electron chi connectivity index (χ1n) is 5.93. The number of unbranched alkanes of at least 4 members (excludes halogenated alkanes) is 1. The van der Waals surface area contributed by atoms with Crippen molar-refractivity contribution in [1.29, 1.82) is 0 Å². The molecule has 0 radical (unpaired) electrons. The number of nitrogens with one attached hydrogen (secondary N) is 1. The van der Waals surface area contributed by atoms with E-state index in [0.29, 0.717) is 18.0 Å². The van der Waals surface area contributed by atoms with Gasteiger partial charge in [0.25, 0.3) is 6.02 Å². The molecule has 0 spiro atoms. The van der Waals surface area contributed by atoms with Gasteiger partial charge in [-0.05, 0) is 19.3 Å². The van der Waals surface area contributed by atoms with Crippen LogP contribution in [-0.4, -0.2) is 36.4 Å². The number of fused-ring (bicyclic) bond motifs is 1. The molecule has 4 nitrogen and oxygen atoms in total. The van der Waals surface area contributed by atoms with Crippen LogP contribution in [0.3, 0.4) is 0 Å². The second kappa shape index (κ2) is 4.84. The van der Waals surface area contributed by atoms with Gasteiger partial charge in [0.05, 0.1) is 6.04 Å². The molecule has 1 aliphatic heterocycles. The van der Waals surface area contributed by atoms with Gasteiger partial charge in [-0.3, -0.25) is 0 Å². The van der Waals surface area contributed by atoms with Gasteiger partial charge < -0.3 is 15.2 Å². The van der Waals surface area contributed by atoms with E-state index in [4.69, 9.17) is 9.84 Å². The average molecular weight is 212 g/mol. The van der Waals surface area contributed by atoms with Gasteiger partial charge in [0.1, 0.15) is 6.10 Å². The Morgan fingerprint density at radius 2 is 2.40 bits per heavy atom. The molecule has 0 bridgehead atoms. The zero-order chi connectivity index (χ0) is 10.7. The van der Waals surface area contributed by atoms with Crippen LogP contribution < -0.4 is 5.32 Å². The van der Waals surface area contributed by atoms with E-state index < -0.39 is 0 Å². The second-order valence-corrected chi connectivity index (χ2v) is 4.39. The van der Waals surface area contributed by atoms with Crippen molar-refractivity contribution in [2.75, 3.05) is 13.2 Å². The summed E-state index contributed by atoms with van der Waals surface area (Å²) in [5.41, 5.74) is 0. The van der Waals surface area contributed by atoms with Crippen LogP contribution in [0.2, 0.25) is 0 Å². The fourth-order valence-corrected chi connectivity index (χ4v) is 2.32. The summed E-state index contributed by atoms with van der Waals surface area (Å²) in [4.78, 5) is 4.37. The molecule has 15 heavy (non-hydrogen) atoms. The highest BCUT2D eigenvalue weighted by Gasteiger charge is 2.43. The summed E-state index contributed by atoms with van der Waals surface area (Å²) >= 11 is 0. The molecule has 2 rings (SSSR count). The van der Waals surface area contributed by atoms with Gasteiger partial charge in [-0.15, -0.1) is 0 Å². The highest BCUT2D eigenvalue weighted by atomic mass is 16.5. The lowest BCUT2D eigenvalue weighted by atomic mass is 10.1. The summed E-state index contributed by atoms with van der Waals surface area (Å²) in [6, 6.07) is 1.07. The summed E-state index contributed by atoms with van der Waals surface area (Å²) in [7, 11) is 0. The lowest BCUT2D eigenvalue weighted by Crippen LogP contribution is -2.29. The maximum atomic E-state index is 9.17.